The van der Waals surface area contributed by atoms with Crippen molar-refractivity contribution in [3.63, 3.8) is 0 Å². The number of alkyl halides is 1. The first-order chi connectivity index (χ1) is 3.84. The van der Waals surface area contributed by atoms with E-state index in [1.807, 2.05) is 0 Å². The fourth-order valence-electron chi connectivity index (χ4n) is 1.20. The highest BCUT2D eigenvalue weighted by molar-refractivity contribution is 4.75. The molecule has 1 aliphatic carbocycles. The molecule has 2 heteroatoms. The first kappa shape index (κ1) is 6.02. The molecule has 0 aromatic rings. The van der Waals surface area contributed by atoms with Gasteiger partial charge in [-0.1, -0.05) is 6.42 Å². The molecule has 0 aromatic heterocycles. The third-order valence-electron chi connectivity index (χ3n) is 1.80. The van der Waals surface area contributed by atoms with Gasteiger partial charge in [0, 0.05) is 12.5 Å². The van der Waals surface area contributed by atoms with Crippen LogP contribution in [0.5, 0.6) is 0 Å². The van der Waals surface area contributed by atoms with Crippen LogP contribution in [0.25, 0.3) is 0 Å². The maximum absolute atomic E-state index is 12.4. The zero-order chi connectivity index (χ0) is 5.98. The second-order valence-corrected chi connectivity index (χ2v) is 2.39. The summed E-state index contributed by atoms with van der Waals surface area (Å²) in [6, 6.07) is 0. The van der Waals surface area contributed by atoms with Crippen LogP contribution in [0, 0.1) is 5.92 Å². The normalized spacial score (nSPS) is 38.2. The molecule has 8 heavy (non-hydrogen) atoms. The monoisotopic (exact) mass is 118 g/mol. The lowest BCUT2D eigenvalue weighted by Gasteiger charge is -2.05. The summed E-state index contributed by atoms with van der Waals surface area (Å²) in [5.74, 6) is -0.0463. The summed E-state index contributed by atoms with van der Waals surface area (Å²) < 4.78 is 12.4. The summed E-state index contributed by atoms with van der Waals surface area (Å²) in [7, 11) is 0. The highest BCUT2D eigenvalue weighted by Crippen LogP contribution is 2.27. The predicted molar refractivity (Wildman–Crippen MR) is 29.3 cm³/mol. The van der Waals surface area contributed by atoms with E-state index in [-0.39, 0.29) is 12.5 Å². The van der Waals surface area contributed by atoms with Crippen molar-refractivity contribution < 1.29 is 9.50 Å². The Morgan fingerprint density at radius 1 is 1.50 bits per heavy atom. The van der Waals surface area contributed by atoms with Crippen LogP contribution in [-0.2, 0) is 0 Å². The van der Waals surface area contributed by atoms with E-state index in [2.05, 4.69) is 0 Å². The molecular formula is C6H11FO. The van der Waals surface area contributed by atoms with Crippen molar-refractivity contribution in [2.24, 2.45) is 5.92 Å². The van der Waals surface area contributed by atoms with Gasteiger partial charge >= 0.3 is 0 Å². The Balaban J connectivity index is 2.30. The number of aliphatic hydroxyl groups excluding tert-OH is 1. The van der Waals surface area contributed by atoms with Crippen LogP contribution in [0.2, 0.25) is 0 Å². The van der Waals surface area contributed by atoms with E-state index < -0.39 is 6.17 Å². The largest absolute Gasteiger partial charge is 0.396 e. The molecule has 0 spiro atoms. The van der Waals surface area contributed by atoms with E-state index in [0.717, 1.165) is 12.8 Å². The predicted octanol–water partition coefficient (Wildman–Crippen LogP) is 1.12. The number of hydrogen-bond acceptors (Lipinski definition) is 1. The van der Waals surface area contributed by atoms with Gasteiger partial charge in [0.1, 0.15) is 6.17 Å². The standard InChI is InChI=1S/C6H11FO/c7-6-3-1-2-5(6)4-8/h5-6,8H,1-4H2/t5-,6-/m1/s1. The molecule has 0 unspecified atom stereocenters. The van der Waals surface area contributed by atoms with Gasteiger partial charge in [-0.2, -0.15) is 0 Å². The quantitative estimate of drug-likeness (QED) is 0.547. The van der Waals surface area contributed by atoms with E-state index >= 15 is 0 Å². The van der Waals surface area contributed by atoms with Gasteiger partial charge in [0.05, 0.1) is 0 Å². The molecule has 1 N–H and O–H groups in total. The van der Waals surface area contributed by atoms with E-state index in [1.165, 1.54) is 0 Å². The minimum Gasteiger partial charge on any atom is -0.396 e. The summed E-state index contributed by atoms with van der Waals surface area (Å²) in [6.07, 6.45) is 1.76. The molecule has 1 aliphatic rings. The Morgan fingerprint density at radius 2 is 2.25 bits per heavy atom. The number of hydrogen-bond donors (Lipinski definition) is 1. The third-order valence-corrected chi connectivity index (χ3v) is 1.80. The molecule has 48 valence electrons. The van der Waals surface area contributed by atoms with Crippen molar-refractivity contribution in [2.75, 3.05) is 6.61 Å². The molecule has 0 saturated heterocycles. The van der Waals surface area contributed by atoms with Gasteiger partial charge in [-0.05, 0) is 12.8 Å². The first-order valence-electron chi connectivity index (χ1n) is 3.09. The Morgan fingerprint density at radius 3 is 2.50 bits per heavy atom. The molecule has 2 atom stereocenters. The fourth-order valence-corrected chi connectivity index (χ4v) is 1.20. The van der Waals surface area contributed by atoms with Crippen LogP contribution >= 0.6 is 0 Å². The van der Waals surface area contributed by atoms with Gasteiger partial charge in [0.15, 0.2) is 0 Å². The minimum atomic E-state index is -0.722. The van der Waals surface area contributed by atoms with Crippen molar-refractivity contribution in [3.05, 3.63) is 0 Å². The van der Waals surface area contributed by atoms with Gasteiger partial charge in [0.2, 0.25) is 0 Å². The topological polar surface area (TPSA) is 20.2 Å². The number of halogens is 1. The smallest absolute Gasteiger partial charge is 0.105 e. The van der Waals surface area contributed by atoms with Crippen molar-refractivity contribution in [2.45, 2.75) is 25.4 Å². The average Bonchev–Trinajstić information content (AvgIpc) is 2.14. The van der Waals surface area contributed by atoms with E-state index in [9.17, 15) is 4.39 Å². The Labute approximate surface area is 48.5 Å². The molecular weight excluding hydrogens is 107 g/mol. The molecule has 0 radical (unpaired) electrons. The number of aliphatic hydroxyl groups is 1. The van der Waals surface area contributed by atoms with Crippen LogP contribution in [0.3, 0.4) is 0 Å². The van der Waals surface area contributed by atoms with Crippen LogP contribution in [0.1, 0.15) is 19.3 Å². The summed E-state index contributed by atoms with van der Waals surface area (Å²) in [6.45, 7) is 0.0289. The summed E-state index contributed by atoms with van der Waals surface area (Å²) in [5.41, 5.74) is 0. The summed E-state index contributed by atoms with van der Waals surface area (Å²) in [5, 5.41) is 8.50. The SMILES string of the molecule is OC[C@H]1CCC[C@H]1F. The second kappa shape index (κ2) is 2.44. The van der Waals surface area contributed by atoms with Crippen LogP contribution in [0.4, 0.5) is 4.39 Å². The van der Waals surface area contributed by atoms with Crippen molar-refractivity contribution >= 4 is 0 Å². The van der Waals surface area contributed by atoms with Crippen molar-refractivity contribution in [1.29, 1.82) is 0 Å². The number of rotatable bonds is 1. The second-order valence-electron chi connectivity index (χ2n) is 2.39. The van der Waals surface area contributed by atoms with E-state index in [4.69, 9.17) is 5.11 Å². The maximum atomic E-state index is 12.4. The van der Waals surface area contributed by atoms with Gasteiger partial charge in [-0.15, -0.1) is 0 Å². The fraction of sp³-hybridized carbons (Fsp3) is 1.00. The Hall–Kier alpha value is -0.110. The van der Waals surface area contributed by atoms with Crippen LogP contribution in [0.15, 0.2) is 0 Å². The minimum absolute atomic E-state index is 0.0289. The molecule has 0 bridgehead atoms. The zero-order valence-electron chi connectivity index (χ0n) is 4.81. The van der Waals surface area contributed by atoms with Gasteiger partial charge < -0.3 is 5.11 Å². The summed E-state index contributed by atoms with van der Waals surface area (Å²) in [4.78, 5) is 0. The zero-order valence-corrected chi connectivity index (χ0v) is 4.81. The molecule has 1 rings (SSSR count). The molecule has 0 amide bonds. The molecule has 0 aromatic carbocycles. The summed E-state index contributed by atoms with van der Waals surface area (Å²) >= 11 is 0. The van der Waals surface area contributed by atoms with E-state index in [1.54, 1.807) is 0 Å². The molecule has 0 aliphatic heterocycles. The molecule has 0 heterocycles. The Kier molecular flexibility index (Phi) is 1.84. The Bertz CT molecular complexity index is 74.9. The van der Waals surface area contributed by atoms with Crippen molar-refractivity contribution in [1.82, 2.24) is 0 Å². The van der Waals surface area contributed by atoms with Crippen LogP contribution < -0.4 is 0 Å². The van der Waals surface area contributed by atoms with Gasteiger partial charge in [-0.25, -0.2) is 4.39 Å². The maximum Gasteiger partial charge on any atom is 0.105 e. The van der Waals surface area contributed by atoms with Crippen LogP contribution in [-0.4, -0.2) is 17.9 Å². The molecule has 1 nitrogen and oxygen atoms in total. The lowest BCUT2D eigenvalue weighted by atomic mass is 10.1. The lowest BCUT2D eigenvalue weighted by molar-refractivity contribution is 0.162. The lowest BCUT2D eigenvalue weighted by Crippen LogP contribution is -2.11. The molecule has 1 fully saturated rings. The van der Waals surface area contributed by atoms with E-state index in [0.29, 0.717) is 6.42 Å². The average molecular weight is 118 g/mol. The first-order valence-corrected chi connectivity index (χ1v) is 3.09. The third kappa shape index (κ3) is 0.996. The van der Waals surface area contributed by atoms with Gasteiger partial charge in [-0.3, -0.25) is 0 Å². The van der Waals surface area contributed by atoms with Gasteiger partial charge in [0.25, 0.3) is 0 Å². The molecule has 1 saturated carbocycles. The highest BCUT2D eigenvalue weighted by atomic mass is 19.1. The highest BCUT2D eigenvalue weighted by Gasteiger charge is 2.25. The van der Waals surface area contributed by atoms with Crippen molar-refractivity contribution in [3.8, 4) is 0 Å².